The van der Waals surface area contributed by atoms with Crippen LogP contribution in [-0.2, 0) is 6.54 Å². The number of hydrogen-bond acceptors (Lipinski definition) is 0. The number of fused-ring (bicyclic) bond motifs is 1. The Hall–Kier alpha value is -2.16. The summed E-state index contributed by atoms with van der Waals surface area (Å²) in [6.45, 7) is 2.79. The van der Waals surface area contributed by atoms with Crippen molar-refractivity contribution in [2.24, 2.45) is 0 Å². The standard InChI is InChI=1S/C15H13FN2/c1-11-17-14-4-2-3-5-15(14)18(11)10-12-6-8-13(16)9-7-12/h2-9H,10H2,1H3/p+1. The van der Waals surface area contributed by atoms with Crippen molar-refractivity contribution in [2.45, 2.75) is 13.5 Å². The Labute approximate surface area is 105 Å². The Morgan fingerprint density at radius 1 is 1.06 bits per heavy atom. The van der Waals surface area contributed by atoms with Crippen LogP contribution in [0.2, 0.25) is 0 Å². The molecule has 3 aromatic rings. The second-order valence-corrected chi connectivity index (χ2v) is 4.44. The molecule has 18 heavy (non-hydrogen) atoms. The average molecular weight is 241 g/mol. The van der Waals surface area contributed by atoms with Crippen LogP contribution in [0, 0.1) is 12.7 Å². The number of aromatic nitrogens is 2. The minimum absolute atomic E-state index is 0.195. The van der Waals surface area contributed by atoms with Gasteiger partial charge in [-0.3, -0.25) is 0 Å². The quantitative estimate of drug-likeness (QED) is 0.666. The molecule has 1 N–H and O–H groups in total. The minimum Gasteiger partial charge on any atom is -0.241 e. The topological polar surface area (TPSA) is 19.7 Å². The fourth-order valence-electron chi connectivity index (χ4n) is 2.23. The first-order valence-corrected chi connectivity index (χ1v) is 5.95. The van der Waals surface area contributed by atoms with Crippen LogP contribution in [0.4, 0.5) is 4.39 Å². The lowest BCUT2D eigenvalue weighted by molar-refractivity contribution is -0.668. The van der Waals surface area contributed by atoms with E-state index in [-0.39, 0.29) is 5.82 Å². The number of halogens is 1. The van der Waals surface area contributed by atoms with Gasteiger partial charge in [-0.2, -0.15) is 0 Å². The molecular weight excluding hydrogens is 227 g/mol. The molecule has 0 aliphatic carbocycles. The van der Waals surface area contributed by atoms with E-state index < -0.39 is 0 Å². The normalized spacial score (nSPS) is 11.0. The Morgan fingerprint density at radius 2 is 1.78 bits per heavy atom. The fourth-order valence-corrected chi connectivity index (χ4v) is 2.23. The van der Waals surface area contributed by atoms with Crippen LogP contribution in [0.1, 0.15) is 11.4 Å². The van der Waals surface area contributed by atoms with Crippen molar-refractivity contribution in [3.63, 3.8) is 0 Å². The second kappa shape index (κ2) is 4.26. The van der Waals surface area contributed by atoms with Gasteiger partial charge in [0.15, 0.2) is 11.0 Å². The highest BCUT2D eigenvalue weighted by atomic mass is 19.1. The van der Waals surface area contributed by atoms with Crippen molar-refractivity contribution in [1.29, 1.82) is 0 Å². The summed E-state index contributed by atoms with van der Waals surface area (Å²) in [5.41, 5.74) is 3.38. The first kappa shape index (κ1) is 11.0. The van der Waals surface area contributed by atoms with Crippen LogP contribution >= 0.6 is 0 Å². The zero-order valence-electron chi connectivity index (χ0n) is 10.2. The molecule has 0 radical (unpaired) electrons. The summed E-state index contributed by atoms with van der Waals surface area (Å²) in [6, 6.07) is 14.8. The van der Waals surface area contributed by atoms with E-state index in [1.807, 2.05) is 31.2 Å². The Bertz CT molecular complexity index is 683. The molecule has 0 aliphatic heterocycles. The summed E-state index contributed by atoms with van der Waals surface area (Å²) in [4.78, 5) is 3.35. The maximum atomic E-state index is 12.9. The van der Waals surface area contributed by atoms with Crippen LogP contribution in [0.3, 0.4) is 0 Å². The molecule has 0 aliphatic rings. The van der Waals surface area contributed by atoms with Crippen LogP contribution in [0.5, 0.6) is 0 Å². The van der Waals surface area contributed by atoms with E-state index in [2.05, 4.69) is 21.7 Å². The third-order valence-corrected chi connectivity index (χ3v) is 3.17. The predicted octanol–water partition coefficient (Wildman–Crippen LogP) is 2.95. The molecule has 3 heteroatoms. The highest BCUT2D eigenvalue weighted by Gasteiger charge is 2.14. The summed E-state index contributed by atoms with van der Waals surface area (Å²) >= 11 is 0. The van der Waals surface area contributed by atoms with Crippen molar-refractivity contribution >= 4 is 11.0 Å². The minimum atomic E-state index is -0.195. The number of hydrogen-bond donors (Lipinski definition) is 1. The van der Waals surface area contributed by atoms with Crippen molar-refractivity contribution in [2.75, 3.05) is 0 Å². The molecular formula is C15H14FN2+. The molecule has 0 amide bonds. The molecule has 0 atom stereocenters. The van der Waals surface area contributed by atoms with E-state index in [9.17, 15) is 4.39 Å². The molecule has 1 heterocycles. The van der Waals surface area contributed by atoms with E-state index in [0.29, 0.717) is 0 Å². The van der Waals surface area contributed by atoms with Gasteiger partial charge >= 0.3 is 0 Å². The van der Waals surface area contributed by atoms with Gasteiger partial charge in [-0.15, -0.1) is 0 Å². The molecule has 3 rings (SSSR count). The second-order valence-electron chi connectivity index (χ2n) is 4.44. The third-order valence-electron chi connectivity index (χ3n) is 3.17. The van der Waals surface area contributed by atoms with E-state index in [1.54, 1.807) is 0 Å². The van der Waals surface area contributed by atoms with Gasteiger partial charge in [-0.05, 0) is 29.8 Å². The van der Waals surface area contributed by atoms with Crippen molar-refractivity contribution in [1.82, 2.24) is 4.98 Å². The highest BCUT2D eigenvalue weighted by Crippen LogP contribution is 2.10. The van der Waals surface area contributed by atoms with E-state index >= 15 is 0 Å². The van der Waals surface area contributed by atoms with Gasteiger partial charge in [0.2, 0.25) is 0 Å². The number of para-hydroxylation sites is 2. The third kappa shape index (κ3) is 1.88. The molecule has 0 fully saturated rings. The number of benzene rings is 2. The van der Waals surface area contributed by atoms with Crippen LogP contribution < -0.4 is 4.57 Å². The van der Waals surface area contributed by atoms with E-state index in [4.69, 9.17) is 0 Å². The molecule has 0 unspecified atom stereocenters. The number of rotatable bonds is 2. The van der Waals surface area contributed by atoms with Crippen LogP contribution in [-0.4, -0.2) is 4.98 Å². The van der Waals surface area contributed by atoms with E-state index in [1.165, 1.54) is 17.6 Å². The van der Waals surface area contributed by atoms with Gasteiger partial charge in [0.25, 0.3) is 5.82 Å². The maximum Gasteiger partial charge on any atom is 0.252 e. The summed E-state index contributed by atoms with van der Waals surface area (Å²) in [6.07, 6.45) is 0. The Kier molecular flexibility index (Phi) is 2.59. The van der Waals surface area contributed by atoms with Crippen molar-refractivity contribution in [3.05, 3.63) is 65.7 Å². The monoisotopic (exact) mass is 241 g/mol. The molecule has 1 aromatic heterocycles. The fraction of sp³-hybridized carbons (Fsp3) is 0.133. The first-order chi connectivity index (χ1) is 8.74. The molecule has 0 saturated heterocycles. The maximum absolute atomic E-state index is 12.9. The number of H-pyrrole nitrogens is 1. The number of imidazole rings is 1. The SMILES string of the molecule is Cc1[nH]c2ccccc2[n+]1Cc1ccc(F)cc1. The molecule has 0 bridgehead atoms. The number of nitrogens with one attached hydrogen (secondary N) is 1. The number of aryl methyl sites for hydroxylation is 1. The van der Waals surface area contributed by atoms with E-state index in [0.717, 1.165) is 23.4 Å². The van der Waals surface area contributed by atoms with Gasteiger partial charge < -0.3 is 0 Å². The Morgan fingerprint density at radius 3 is 2.56 bits per heavy atom. The molecule has 90 valence electrons. The summed E-state index contributed by atoms with van der Waals surface area (Å²) in [5, 5.41) is 0. The molecule has 0 saturated carbocycles. The Balaban J connectivity index is 2.04. The van der Waals surface area contributed by atoms with Crippen molar-refractivity contribution < 1.29 is 8.96 Å². The van der Waals surface area contributed by atoms with Crippen molar-refractivity contribution in [3.8, 4) is 0 Å². The van der Waals surface area contributed by atoms with Gasteiger partial charge in [0, 0.05) is 6.92 Å². The zero-order chi connectivity index (χ0) is 12.5. The molecule has 2 aromatic carbocycles. The van der Waals surface area contributed by atoms with Gasteiger partial charge in [0.05, 0.1) is 0 Å². The summed E-state index contributed by atoms with van der Waals surface area (Å²) in [5.74, 6) is 0.903. The number of nitrogens with zero attached hydrogens (tertiary/aromatic N) is 1. The van der Waals surface area contributed by atoms with Gasteiger partial charge in [0.1, 0.15) is 12.4 Å². The van der Waals surface area contributed by atoms with Gasteiger partial charge in [-0.25, -0.2) is 13.9 Å². The number of aromatic amines is 1. The molecule has 0 spiro atoms. The summed E-state index contributed by atoms with van der Waals surface area (Å²) < 4.78 is 15.1. The first-order valence-electron chi connectivity index (χ1n) is 5.95. The van der Waals surface area contributed by atoms with Gasteiger partial charge in [-0.1, -0.05) is 24.3 Å². The van der Waals surface area contributed by atoms with Crippen LogP contribution in [0.15, 0.2) is 48.5 Å². The highest BCUT2D eigenvalue weighted by molar-refractivity contribution is 5.70. The predicted molar refractivity (Wildman–Crippen MR) is 68.7 cm³/mol. The lowest BCUT2D eigenvalue weighted by Crippen LogP contribution is -2.36. The average Bonchev–Trinajstić information content (AvgIpc) is 2.69. The lowest BCUT2D eigenvalue weighted by atomic mass is 10.2. The zero-order valence-corrected chi connectivity index (χ0v) is 10.2. The lowest BCUT2D eigenvalue weighted by Gasteiger charge is -2.00. The summed E-state index contributed by atoms with van der Waals surface area (Å²) in [7, 11) is 0. The largest absolute Gasteiger partial charge is 0.252 e. The van der Waals surface area contributed by atoms with Crippen LogP contribution in [0.25, 0.3) is 11.0 Å². The molecule has 2 nitrogen and oxygen atoms in total. The smallest absolute Gasteiger partial charge is 0.241 e.